The van der Waals surface area contributed by atoms with Gasteiger partial charge in [0, 0.05) is 6.07 Å². The second kappa shape index (κ2) is 5.40. The molecule has 0 aliphatic heterocycles. The van der Waals surface area contributed by atoms with Crippen molar-refractivity contribution in [1.29, 1.82) is 0 Å². The monoisotopic (exact) mass is 247 g/mol. The topological polar surface area (TPSA) is 44.5 Å². The molecule has 4 heteroatoms. The van der Waals surface area contributed by atoms with Crippen LogP contribution in [0.3, 0.4) is 0 Å². The number of alkyl halides is 1. The van der Waals surface area contributed by atoms with Crippen molar-refractivity contribution < 1.29 is 13.9 Å². The van der Waals surface area contributed by atoms with Gasteiger partial charge in [-0.2, -0.15) is 0 Å². The molecule has 3 nitrogen and oxygen atoms in total. The third kappa shape index (κ3) is 2.71. The van der Waals surface area contributed by atoms with Gasteiger partial charge in [0.15, 0.2) is 0 Å². The first-order valence-corrected chi connectivity index (χ1v) is 5.49. The van der Waals surface area contributed by atoms with Gasteiger partial charge in [-0.1, -0.05) is 12.1 Å². The smallest absolute Gasteiger partial charge is 0.142 e. The van der Waals surface area contributed by atoms with Gasteiger partial charge in [-0.3, -0.25) is 0 Å². The van der Waals surface area contributed by atoms with Crippen molar-refractivity contribution in [2.45, 2.75) is 6.67 Å². The molecule has 0 aliphatic carbocycles. The van der Waals surface area contributed by atoms with Crippen LogP contribution in [-0.4, -0.2) is 7.11 Å². The minimum absolute atomic E-state index is 0.476. The van der Waals surface area contributed by atoms with E-state index in [1.165, 1.54) is 0 Å². The Hall–Kier alpha value is -2.23. The standard InChI is InChI=1S/C14H14FNO2/c1-17-14-7-6-12(8-13(14)16)18-11-4-2-10(9-15)3-5-11/h2-8H,9,16H2,1H3. The summed E-state index contributed by atoms with van der Waals surface area (Å²) in [6.07, 6.45) is 0. The molecule has 0 aliphatic rings. The van der Waals surface area contributed by atoms with Crippen molar-refractivity contribution >= 4 is 5.69 Å². The Morgan fingerprint density at radius 1 is 1.06 bits per heavy atom. The van der Waals surface area contributed by atoms with Crippen LogP contribution in [0.4, 0.5) is 10.1 Å². The minimum atomic E-state index is -0.476. The zero-order chi connectivity index (χ0) is 13.0. The van der Waals surface area contributed by atoms with Gasteiger partial charge in [-0.15, -0.1) is 0 Å². The van der Waals surface area contributed by atoms with E-state index in [-0.39, 0.29) is 0 Å². The lowest BCUT2D eigenvalue weighted by atomic mass is 10.2. The predicted molar refractivity (Wildman–Crippen MR) is 68.7 cm³/mol. The first-order valence-electron chi connectivity index (χ1n) is 5.49. The van der Waals surface area contributed by atoms with Gasteiger partial charge in [0.05, 0.1) is 12.8 Å². The molecule has 0 bridgehead atoms. The summed E-state index contributed by atoms with van der Waals surface area (Å²) in [5.74, 6) is 1.85. The molecule has 0 aromatic heterocycles. The number of rotatable bonds is 4. The van der Waals surface area contributed by atoms with Crippen LogP contribution in [-0.2, 0) is 6.67 Å². The van der Waals surface area contributed by atoms with E-state index in [0.29, 0.717) is 28.5 Å². The minimum Gasteiger partial charge on any atom is -0.495 e. The zero-order valence-corrected chi connectivity index (χ0v) is 10.0. The molecule has 0 radical (unpaired) electrons. The lowest BCUT2D eigenvalue weighted by Gasteiger charge is -2.09. The second-order valence-electron chi connectivity index (χ2n) is 3.78. The van der Waals surface area contributed by atoms with E-state index in [1.54, 1.807) is 49.6 Å². The van der Waals surface area contributed by atoms with E-state index >= 15 is 0 Å². The largest absolute Gasteiger partial charge is 0.495 e. The van der Waals surface area contributed by atoms with Crippen molar-refractivity contribution in [1.82, 2.24) is 0 Å². The molecule has 0 fully saturated rings. The Morgan fingerprint density at radius 3 is 2.28 bits per heavy atom. The summed E-state index contributed by atoms with van der Waals surface area (Å²) in [7, 11) is 1.56. The highest BCUT2D eigenvalue weighted by Gasteiger charge is 2.03. The molecule has 2 N–H and O–H groups in total. The highest BCUT2D eigenvalue weighted by molar-refractivity contribution is 5.56. The van der Waals surface area contributed by atoms with Gasteiger partial charge in [-0.25, -0.2) is 4.39 Å². The van der Waals surface area contributed by atoms with Crippen LogP contribution >= 0.6 is 0 Å². The molecule has 0 amide bonds. The van der Waals surface area contributed by atoms with E-state index in [2.05, 4.69) is 0 Å². The lowest BCUT2D eigenvalue weighted by molar-refractivity contribution is 0.415. The molecule has 94 valence electrons. The maximum atomic E-state index is 12.3. The Balaban J connectivity index is 2.15. The number of nitrogens with two attached hydrogens (primary N) is 1. The van der Waals surface area contributed by atoms with E-state index < -0.39 is 6.67 Å². The molecule has 0 saturated heterocycles. The highest BCUT2D eigenvalue weighted by atomic mass is 19.1. The van der Waals surface area contributed by atoms with E-state index in [4.69, 9.17) is 15.2 Å². The second-order valence-corrected chi connectivity index (χ2v) is 3.78. The van der Waals surface area contributed by atoms with Crippen LogP contribution < -0.4 is 15.2 Å². The number of ether oxygens (including phenoxy) is 2. The Kier molecular flexibility index (Phi) is 3.67. The van der Waals surface area contributed by atoms with Crippen molar-refractivity contribution in [2.75, 3.05) is 12.8 Å². The van der Waals surface area contributed by atoms with Crippen molar-refractivity contribution in [3.8, 4) is 17.2 Å². The quantitative estimate of drug-likeness (QED) is 0.840. The van der Waals surface area contributed by atoms with E-state index in [9.17, 15) is 4.39 Å². The van der Waals surface area contributed by atoms with Crippen LogP contribution in [0, 0.1) is 0 Å². The predicted octanol–water partition coefficient (Wildman–Crippen LogP) is 3.54. The molecular formula is C14H14FNO2. The summed E-state index contributed by atoms with van der Waals surface area (Å²) in [5, 5.41) is 0. The normalized spacial score (nSPS) is 10.1. The first-order chi connectivity index (χ1) is 8.72. The summed E-state index contributed by atoms with van der Waals surface area (Å²) in [4.78, 5) is 0. The lowest BCUT2D eigenvalue weighted by Crippen LogP contribution is -1.93. The highest BCUT2D eigenvalue weighted by Crippen LogP contribution is 2.29. The molecule has 0 heterocycles. The number of nitrogen functional groups attached to an aromatic ring is 1. The first kappa shape index (κ1) is 12.2. The summed E-state index contributed by atoms with van der Waals surface area (Å²) in [6, 6.07) is 12.0. The number of halogens is 1. The molecule has 0 saturated carbocycles. The van der Waals surface area contributed by atoms with Crippen LogP contribution in [0.2, 0.25) is 0 Å². The molecule has 2 aromatic carbocycles. The molecule has 0 unspecified atom stereocenters. The summed E-state index contributed by atoms with van der Waals surface area (Å²) in [5.41, 5.74) is 6.91. The third-order valence-electron chi connectivity index (χ3n) is 2.51. The molecular weight excluding hydrogens is 233 g/mol. The van der Waals surface area contributed by atoms with Gasteiger partial charge in [0.1, 0.15) is 23.9 Å². The molecule has 2 aromatic rings. The van der Waals surface area contributed by atoms with Gasteiger partial charge in [0.2, 0.25) is 0 Å². The molecule has 0 atom stereocenters. The van der Waals surface area contributed by atoms with Crippen LogP contribution in [0.1, 0.15) is 5.56 Å². The summed E-state index contributed by atoms with van der Waals surface area (Å²) < 4.78 is 23.0. The Labute approximate surface area is 105 Å². The van der Waals surface area contributed by atoms with Crippen molar-refractivity contribution in [2.24, 2.45) is 0 Å². The van der Waals surface area contributed by atoms with Crippen LogP contribution in [0.5, 0.6) is 17.2 Å². The van der Waals surface area contributed by atoms with Gasteiger partial charge < -0.3 is 15.2 Å². The molecule has 0 spiro atoms. The van der Waals surface area contributed by atoms with E-state index in [1.807, 2.05) is 0 Å². The average Bonchev–Trinajstić information content (AvgIpc) is 2.40. The fourth-order valence-corrected chi connectivity index (χ4v) is 1.56. The SMILES string of the molecule is COc1ccc(Oc2ccc(CF)cc2)cc1N. The summed E-state index contributed by atoms with van der Waals surface area (Å²) >= 11 is 0. The Bertz CT molecular complexity index is 526. The van der Waals surface area contributed by atoms with Crippen LogP contribution in [0.15, 0.2) is 42.5 Å². The zero-order valence-electron chi connectivity index (χ0n) is 10.0. The Morgan fingerprint density at radius 2 is 1.72 bits per heavy atom. The number of methoxy groups -OCH3 is 1. The fraction of sp³-hybridized carbons (Fsp3) is 0.143. The van der Waals surface area contributed by atoms with E-state index in [0.717, 1.165) is 0 Å². The molecule has 2 rings (SSSR count). The van der Waals surface area contributed by atoms with Gasteiger partial charge in [-0.05, 0) is 29.8 Å². The van der Waals surface area contributed by atoms with Crippen molar-refractivity contribution in [3.63, 3.8) is 0 Å². The summed E-state index contributed by atoms with van der Waals surface area (Å²) in [6.45, 7) is -0.476. The third-order valence-corrected chi connectivity index (χ3v) is 2.51. The number of hydrogen-bond donors (Lipinski definition) is 1. The fourth-order valence-electron chi connectivity index (χ4n) is 1.56. The number of anilines is 1. The van der Waals surface area contributed by atoms with Gasteiger partial charge >= 0.3 is 0 Å². The maximum absolute atomic E-state index is 12.3. The average molecular weight is 247 g/mol. The van der Waals surface area contributed by atoms with Crippen molar-refractivity contribution in [3.05, 3.63) is 48.0 Å². The number of hydrogen-bond acceptors (Lipinski definition) is 3. The number of benzene rings is 2. The van der Waals surface area contributed by atoms with Crippen LogP contribution in [0.25, 0.3) is 0 Å². The van der Waals surface area contributed by atoms with Gasteiger partial charge in [0.25, 0.3) is 0 Å². The maximum Gasteiger partial charge on any atom is 0.142 e. The molecule has 18 heavy (non-hydrogen) atoms.